The number of piperidine rings is 1. The van der Waals surface area contributed by atoms with Gasteiger partial charge in [-0.1, -0.05) is 6.07 Å². The van der Waals surface area contributed by atoms with Crippen molar-refractivity contribution >= 4 is 17.5 Å². The first kappa shape index (κ1) is 15.5. The number of benzene rings is 1. The van der Waals surface area contributed by atoms with Gasteiger partial charge < -0.3 is 16.0 Å². The van der Waals surface area contributed by atoms with Gasteiger partial charge in [0.15, 0.2) is 0 Å². The predicted molar refractivity (Wildman–Crippen MR) is 83.3 cm³/mol. The maximum absolute atomic E-state index is 12.1. The average Bonchev–Trinajstić information content (AvgIpc) is 2.48. The second-order valence-electron chi connectivity index (χ2n) is 5.39. The lowest BCUT2D eigenvalue weighted by atomic mass is 9.94. The molecule has 0 aromatic heterocycles. The second kappa shape index (κ2) is 7.78. The van der Waals surface area contributed by atoms with E-state index in [1.807, 2.05) is 13.0 Å². The number of amides is 2. The van der Waals surface area contributed by atoms with Crippen LogP contribution < -0.4 is 16.0 Å². The summed E-state index contributed by atoms with van der Waals surface area (Å²) in [6.07, 6.45) is 2.64. The van der Waals surface area contributed by atoms with E-state index in [9.17, 15) is 9.59 Å². The Labute approximate surface area is 125 Å². The first-order chi connectivity index (χ1) is 10.2. The average molecular weight is 289 g/mol. The van der Waals surface area contributed by atoms with Crippen LogP contribution in [0.5, 0.6) is 0 Å². The van der Waals surface area contributed by atoms with Crippen molar-refractivity contribution in [2.24, 2.45) is 5.92 Å². The lowest BCUT2D eigenvalue weighted by Crippen LogP contribution is -2.30. The Kier molecular flexibility index (Phi) is 5.75. The van der Waals surface area contributed by atoms with Crippen LogP contribution in [0.3, 0.4) is 0 Å². The van der Waals surface area contributed by atoms with E-state index < -0.39 is 0 Å². The minimum absolute atomic E-state index is 0.0231. The molecule has 0 aliphatic carbocycles. The molecule has 5 nitrogen and oxygen atoms in total. The summed E-state index contributed by atoms with van der Waals surface area (Å²) in [6.45, 7) is 4.45. The maximum Gasteiger partial charge on any atom is 0.251 e. The minimum atomic E-state index is -0.119. The third-order valence-electron chi connectivity index (χ3n) is 3.68. The van der Waals surface area contributed by atoms with Gasteiger partial charge >= 0.3 is 0 Å². The third kappa shape index (κ3) is 4.86. The Morgan fingerprint density at radius 1 is 1.29 bits per heavy atom. The maximum atomic E-state index is 12.1. The summed E-state index contributed by atoms with van der Waals surface area (Å²) in [5, 5.41) is 8.93. The monoisotopic (exact) mass is 289 g/mol. The van der Waals surface area contributed by atoms with Crippen LogP contribution in [0.2, 0.25) is 0 Å². The van der Waals surface area contributed by atoms with Crippen molar-refractivity contribution in [3.63, 3.8) is 0 Å². The van der Waals surface area contributed by atoms with Gasteiger partial charge in [0.05, 0.1) is 0 Å². The summed E-state index contributed by atoms with van der Waals surface area (Å²) in [5.41, 5.74) is 1.24. The van der Waals surface area contributed by atoms with Crippen LogP contribution in [0.25, 0.3) is 0 Å². The molecule has 1 aliphatic heterocycles. The fourth-order valence-corrected chi connectivity index (χ4v) is 2.56. The highest BCUT2D eigenvalue weighted by Crippen LogP contribution is 2.17. The van der Waals surface area contributed by atoms with Gasteiger partial charge in [-0.15, -0.1) is 0 Å². The summed E-state index contributed by atoms with van der Waals surface area (Å²) < 4.78 is 0. The zero-order chi connectivity index (χ0) is 15.1. The van der Waals surface area contributed by atoms with Crippen LogP contribution in [0.1, 0.15) is 36.5 Å². The van der Waals surface area contributed by atoms with Crippen LogP contribution in [0.15, 0.2) is 24.3 Å². The third-order valence-corrected chi connectivity index (χ3v) is 3.68. The van der Waals surface area contributed by atoms with Crippen molar-refractivity contribution < 1.29 is 9.59 Å². The number of hydrogen-bond donors (Lipinski definition) is 3. The lowest BCUT2D eigenvalue weighted by molar-refractivity contribution is -0.117. The fourth-order valence-electron chi connectivity index (χ4n) is 2.56. The van der Waals surface area contributed by atoms with Gasteiger partial charge in [0.2, 0.25) is 5.91 Å². The molecule has 5 heteroatoms. The number of carbonyl (C=O) groups is 2. The summed E-state index contributed by atoms with van der Waals surface area (Å²) in [7, 11) is 0. The molecule has 3 N–H and O–H groups in total. The van der Waals surface area contributed by atoms with E-state index in [4.69, 9.17) is 0 Å². The number of hydrogen-bond acceptors (Lipinski definition) is 3. The quantitative estimate of drug-likeness (QED) is 0.773. The molecule has 0 bridgehead atoms. The molecule has 0 spiro atoms. The molecular formula is C16H23N3O2. The van der Waals surface area contributed by atoms with Crippen LogP contribution in [0.4, 0.5) is 5.69 Å². The van der Waals surface area contributed by atoms with Crippen molar-refractivity contribution in [2.45, 2.75) is 26.2 Å². The first-order valence-electron chi connectivity index (χ1n) is 7.58. The molecular weight excluding hydrogens is 266 g/mol. The predicted octanol–water partition coefficient (Wildman–Crippen LogP) is 1.76. The fraction of sp³-hybridized carbons (Fsp3) is 0.500. The molecule has 1 aromatic carbocycles. The number of carbonyl (C=O) groups excluding carboxylic acids is 2. The SMILES string of the molecule is CCNC(=O)c1cccc(NC(=O)CC2CCNCC2)c1. The minimum Gasteiger partial charge on any atom is -0.352 e. The lowest BCUT2D eigenvalue weighted by Gasteiger charge is -2.21. The van der Waals surface area contributed by atoms with Crippen molar-refractivity contribution in [3.8, 4) is 0 Å². The van der Waals surface area contributed by atoms with Crippen LogP contribution in [-0.4, -0.2) is 31.4 Å². The molecule has 2 amide bonds. The molecule has 1 aromatic rings. The van der Waals surface area contributed by atoms with Gasteiger partial charge in [0.25, 0.3) is 5.91 Å². The normalized spacial score (nSPS) is 15.5. The molecule has 0 unspecified atom stereocenters. The molecule has 0 saturated carbocycles. The zero-order valence-electron chi connectivity index (χ0n) is 12.4. The second-order valence-corrected chi connectivity index (χ2v) is 5.39. The largest absolute Gasteiger partial charge is 0.352 e. The number of rotatable bonds is 5. The molecule has 0 atom stereocenters. The number of nitrogens with one attached hydrogen (secondary N) is 3. The summed E-state index contributed by atoms with van der Waals surface area (Å²) >= 11 is 0. The highest BCUT2D eigenvalue weighted by atomic mass is 16.2. The van der Waals surface area contributed by atoms with E-state index in [1.165, 1.54) is 0 Å². The van der Waals surface area contributed by atoms with Gasteiger partial charge in [0.1, 0.15) is 0 Å². The van der Waals surface area contributed by atoms with E-state index in [0.717, 1.165) is 25.9 Å². The Balaban J connectivity index is 1.91. The molecule has 1 saturated heterocycles. The van der Waals surface area contributed by atoms with Crippen molar-refractivity contribution in [3.05, 3.63) is 29.8 Å². The van der Waals surface area contributed by atoms with Crippen LogP contribution >= 0.6 is 0 Å². The Morgan fingerprint density at radius 2 is 2.05 bits per heavy atom. The zero-order valence-corrected chi connectivity index (χ0v) is 12.4. The van der Waals surface area contributed by atoms with E-state index in [-0.39, 0.29) is 11.8 Å². The Morgan fingerprint density at radius 3 is 2.76 bits per heavy atom. The molecule has 114 valence electrons. The summed E-state index contributed by atoms with van der Waals surface area (Å²) in [5.74, 6) is 0.361. The van der Waals surface area contributed by atoms with Crippen molar-refractivity contribution in [1.29, 1.82) is 0 Å². The van der Waals surface area contributed by atoms with Gasteiger partial charge in [-0.2, -0.15) is 0 Å². The smallest absolute Gasteiger partial charge is 0.251 e. The van der Waals surface area contributed by atoms with Crippen molar-refractivity contribution in [2.75, 3.05) is 25.0 Å². The molecule has 1 fully saturated rings. The molecule has 21 heavy (non-hydrogen) atoms. The molecule has 0 radical (unpaired) electrons. The van der Waals surface area contributed by atoms with Gasteiger partial charge in [0, 0.05) is 24.2 Å². The van der Waals surface area contributed by atoms with Crippen LogP contribution in [-0.2, 0) is 4.79 Å². The van der Waals surface area contributed by atoms with E-state index >= 15 is 0 Å². The first-order valence-corrected chi connectivity index (χ1v) is 7.58. The molecule has 2 rings (SSSR count). The van der Waals surface area contributed by atoms with Crippen LogP contribution in [0, 0.1) is 5.92 Å². The van der Waals surface area contributed by atoms with E-state index in [2.05, 4.69) is 16.0 Å². The van der Waals surface area contributed by atoms with Gasteiger partial charge in [-0.05, 0) is 57.0 Å². The van der Waals surface area contributed by atoms with Gasteiger partial charge in [-0.25, -0.2) is 0 Å². The summed E-state index contributed by atoms with van der Waals surface area (Å²) in [4.78, 5) is 23.8. The Hall–Kier alpha value is -1.88. The summed E-state index contributed by atoms with van der Waals surface area (Å²) in [6, 6.07) is 7.05. The highest BCUT2D eigenvalue weighted by Gasteiger charge is 2.17. The topological polar surface area (TPSA) is 70.2 Å². The Bertz CT molecular complexity index is 496. The molecule has 1 aliphatic rings. The number of anilines is 1. The van der Waals surface area contributed by atoms with Gasteiger partial charge in [-0.3, -0.25) is 9.59 Å². The highest BCUT2D eigenvalue weighted by molar-refractivity contribution is 5.97. The van der Waals surface area contributed by atoms with E-state index in [0.29, 0.717) is 30.1 Å². The molecule has 1 heterocycles. The standard InChI is InChI=1S/C16H23N3O2/c1-2-18-16(21)13-4-3-5-14(11-13)19-15(20)10-12-6-8-17-9-7-12/h3-5,11-12,17H,2,6-10H2,1H3,(H,18,21)(H,19,20). The van der Waals surface area contributed by atoms with Crippen molar-refractivity contribution in [1.82, 2.24) is 10.6 Å². The van der Waals surface area contributed by atoms with E-state index in [1.54, 1.807) is 18.2 Å².